The van der Waals surface area contributed by atoms with Crippen molar-refractivity contribution >= 4 is 11.8 Å². The predicted octanol–water partition coefficient (Wildman–Crippen LogP) is 2.09. The summed E-state index contributed by atoms with van der Waals surface area (Å²) in [5, 5.41) is 0. The number of aromatic nitrogens is 1. The molecule has 23 heavy (non-hydrogen) atoms. The van der Waals surface area contributed by atoms with Gasteiger partial charge >= 0.3 is 0 Å². The van der Waals surface area contributed by atoms with Crippen LogP contribution in [0.5, 0.6) is 0 Å². The fraction of sp³-hybridized carbons (Fsp3) is 0.611. The fourth-order valence-electron chi connectivity index (χ4n) is 4.05. The van der Waals surface area contributed by atoms with Gasteiger partial charge in [0.2, 0.25) is 5.91 Å². The first-order valence-corrected chi connectivity index (χ1v) is 8.68. The highest BCUT2D eigenvalue weighted by Gasteiger charge is 2.48. The van der Waals surface area contributed by atoms with Gasteiger partial charge in [0, 0.05) is 44.0 Å². The van der Waals surface area contributed by atoms with Crippen molar-refractivity contribution in [3.8, 4) is 0 Å². The molecular weight excluding hydrogens is 290 g/mol. The number of rotatable bonds is 3. The van der Waals surface area contributed by atoms with Crippen molar-refractivity contribution in [3.05, 3.63) is 30.1 Å². The van der Waals surface area contributed by atoms with E-state index in [1.165, 1.54) is 12.8 Å². The molecule has 2 saturated heterocycles. The minimum Gasteiger partial charge on any atom is -0.338 e. The van der Waals surface area contributed by atoms with Crippen molar-refractivity contribution < 1.29 is 9.59 Å². The van der Waals surface area contributed by atoms with Crippen molar-refractivity contribution in [2.45, 2.75) is 44.1 Å². The maximum absolute atomic E-state index is 12.5. The van der Waals surface area contributed by atoms with Gasteiger partial charge in [-0.05, 0) is 50.2 Å². The number of nitrogens with zero attached hydrogens (tertiary/aromatic N) is 3. The Labute approximate surface area is 136 Å². The Kier molecular flexibility index (Phi) is 3.58. The molecule has 0 N–H and O–H groups in total. The predicted molar refractivity (Wildman–Crippen MR) is 85.8 cm³/mol. The Bertz CT molecular complexity index is 604. The van der Waals surface area contributed by atoms with E-state index in [9.17, 15) is 9.59 Å². The number of likely N-dealkylation sites (tertiary alicyclic amines) is 2. The average molecular weight is 313 g/mol. The molecule has 3 fully saturated rings. The van der Waals surface area contributed by atoms with Crippen LogP contribution in [0.3, 0.4) is 0 Å². The van der Waals surface area contributed by atoms with Gasteiger partial charge in [0.15, 0.2) is 0 Å². The van der Waals surface area contributed by atoms with Crippen molar-refractivity contribution in [3.63, 3.8) is 0 Å². The maximum atomic E-state index is 12.5. The van der Waals surface area contributed by atoms with Crippen LogP contribution in [-0.2, 0) is 4.79 Å². The van der Waals surface area contributed by atoms with Gasteiger partial charge in [-0.15, -0.1) is 0 Å². The quantitative estimate of drug-likeness (QED) is 0.858. The summed E-state index contributed by atoms with van der Waals surface area (Å²) in [5.74, 6) is 1.11. The zero-order valence-electron chi connectivity index (χ0n) is 13.4. The molecule has 2 amide bonds. The molecule has 0 aromatic carbocycles. The van der Waals surface area contributed by atoms with E-state index in [1.807, 2.05) is 11.0 Å². The third-order valence-electron chi connectivity index (χ3n) is 5.71. The third-order valence-corrected chi connectivity index (χ3v) is 5.71. The van der Waals surface area contributed by atoms with Gasteiger partial charge in [-0.3, -0.25) is 14.6 Å². The topological polar surface area (TPSA) is 53.5 Å². The molecule has 2 aliphatic heterocycles. The number of pyridine rings is 1. The van der Waals surface area contributed by atoms with E-state index in [0.29, 0.717) is 17.9 Å². The summed E-state index contributed by atoms with van der Waals surface area (Å²) in [7, 11) is 0. The molecule has 122 valence electrons. The lowest BCUT2D eigenvalue weighted by Gasteiger charge is -2.45. The number of amides is 2. The molecule has 1 saturated carbocycles. The number of hydrogen-bond acceptors (Lipinski definition) is 3. The Balaban J connectivity index is 1.43. The van der Waals surface area contributed by atoms with Crippen LogP contribution >= 0.6 is 0 Å². The molecule has 1 aromatic rings. The van der Waals surface area contributed by atoms with Gasteiger partial charge in [0.25, 0.3) is 5.91 Å². The molecule has 0 radical (unpaired) electrons. The van der Waals surface area contributed by atoms with E-state index in [2.05, 4.69) is 9.88 Å². The van der Waals surface area contributed by atoms with Crippen molar-refractivity contribution in [1.29, 1.82) is 0 Å². The first kappa shape index (κ1) is 14.7. The summed E-state index contributed by atoms with van der Waals surface area (Å²) in [6.07, 6.45) is 9.33. The van der Waals surface area contributed by atoms with Crippen LogP contribution in [0.2, 0.25) is 0 Å². The van der Waals surface area contributed by atoms with E-state index in [-0.39, 0.29) is 11.4 Å². The van der Waals surface area contributed by atoms with Crippen LogP contribution in [0, 0.1) is 5.92 Å². The highest BCUT2D eigenvalue weighted by Crippen LogP contribution is 2.42. The molecule has 1 aromatic heterocycles. The lowest BCUT2D eigenvalue weighted by atomic mass is 9.84. The average Bonchev–Trinajstić information content (AvgIpc) is 3.37. The molecule has 5 nitrogen and oxygen atoms in total. The Morgan fingerprint density at radius 3 is 2.70 bits per heavy atom. The van der Waals surface area contributed by atoms with E-state index in [0.717, 1.165) is 44.8 Å². The number of carbonyl (C=O) groups excluding carboxylic acids is 2. The fourth-order valence-corrected chi connectivity index (χ4v) is 4.05. The molecule has 0 unspecified atom stereocenters. The summed E-state index contributed by atoms with van der Waals surface area (Å²) in [6.45, 7) is 2.42. The lowest BCUT2D eigenvalue weighted by molar-refractivity contribution is -0.132. The van der Waals surface area contributed by atoms with Crippen LogP contribution in [0.1, 0.15) is 48.9 Å². The standard InChI is InChI=1S/C18H23N3O2/c22-16-5-6-18(21(16)13-14-3-4-14)7-10-20(11-8-18)17(23)15-2-1-9-19-12-15/h1-2,9,12,14H,3-8,10-11,13H2. The minimum absolute atomic E-state index is 0.0192. The van der Waals surface area contributed by atoms with Gasteiger partial charge in [-0.2, -0.15) is 0 Å². The molecular formula is C18H23N3O2. The van der Waals surface area contributed by atoms with Crippen LogP contribution in [-0.4, -0.2) is 51.8 Å². The number of piperidine rings is 1. The SMILES string of the molecule is O=C(c1cccnc1)N1CCC2(CCC(=O)N2CC2CC2)CC1. The lowest BCUT2D eigenvalue weighted by Crippen LogP contribution is -2.54. The Morgan fingerprint density at radius 2 is 2.04 bits per heavy atom. The monoisotopic (exact) mass is 313 g/mol. The Morgan fingerprint density at radius 1 is 1.26 bits per heavy atom. The van der Waals surface area contributed by atoms with Gasteiger partial charge in [0.1, 0.15) is 0 Å². The van der Waals surface area contributed by atoms with E-state index < -0.39 is 0 Å². The van der Waals surface area contributed by atoms with Crippen LogP contribution in [0.4, 0.5) is 0 Å². The second kappa shape index (κ2) is 5.62. The molecule has 0 bridgehead atoms. The summed E-state index contributed by atoms with van der Waals surface area (Å²) < 4.78 is 0. The minimum atomic E-state index is 0.0192. The second-order valence-electron chi connectivity index (χ2n) is 7.21. The molecule has 3 aliphatic rings. The van der Waals surface area contributed by atoms with Gasteiger partial charge in [0.05, 0.1) is 5.56 Å². The number of hydrogen-bond donors (Lipinski definition) is 0. The first-order valence-electron chi connectivity index (χ1n) is 8.68. The van der Waals surface area contributed by atoms with Crippen molar-refractivity contribution in [2.24, 2.45) is 5.92 Å². The van der Waals surface area contributed by atoms with Crippen molar-refractivity contribution in [2.75, 3.05) is 19.6 Å². The highest BCUT2D eigenvalue weighted by molar-refractivity contribution is 5.94. The largest absolute Gasteiger partial charge is 0.338 e. The highest BCUT2D eigenvalue weighted by atomic mass is 16.2. The second-order valence-corrected chi connectivity index (χ2v) is 7.21. The van der Waals surface area contributed by atoms with E-state index in [4.69, 9.17) is 0 Å². The van der Waals surface area contributed by atoms with Gasteiger partial charge in [-0.1, -0.05) is 0 Å². The van der Waals surface area contributed by atoms with Crippen LogP contribution in [0.25, 0.3) is 0 Å². The molecule has 4 rings (SSSR count). The molecule has 3 heterocycles. The molecule has 1 aliphatic carbocycles. The van der Waals surface area contributed by atoms with Gasteiger partial charge in [-0.25, -0.2) is 0 Å². The maximum Gasteiger partial charge on any atom is 0.255 e. The summed E-state index contributed by atoms with van der Waals surface area (Å²) >= 11 is 0. The number of carbonyl (C=O) groups is 2. The van der Waals surface area contributed by atoms with E-state index >= 15 is 0 Å². The van der Waals surface area contributed by atoms with Crippen LogP contribution < -0.4 is 0 Å². The summed E-state index contributed by atoms with van der Waals surface area (Å²) in [6, 6.07) is 3.61. The zero-order chi connectivity index (χ0) is 15.9. The summed E-state index contributed by atoms with van der Waals surface area (Å²) in [4.78, 5) is 32.9. The zero-order valence-corrected chi connectivity index (χ0v) is 13.4. The normalized spacial score (nSPS) is 23.6. The molecule has 5 heteroatoms. The molecule has 0 atom stereocenters. The third kappa shape index (κ3) is 2.73. The molecule has 1 spiro atoms. The smallest absolute Gasteiger partial charge is 0.255 e. The van der Waals surface area contributed by atoms with Crippen LogP contribution in [0.15, 0.2) is 24.5 Å². The van der Waals surface area contributed by atoms with E-state index in [1.54, 1.807) is 18.5 Å². The Hall–Kier alpha value is -1.91. The summed E-state index contributed by atoms with van der Waals surface area (Å²) in [5.41, 5.74) is 0.673. The first-order chi connectivity index (χ1) is 11.2. The van der Waals surface area contributed by atoms with Crippen molar-refractivity contribution in [1.82, 2.24) is 14.8 Å². The van der Waals surface area contributed by atoms with Gasteiger partial charge < -0.3 is 9.80 Å².